The summed E-state index contributed by atoms with van der Waals surface area (Å²) in [6, 6.07) is 30.0. The van der Waals surface area contributed by atoms with Crippen molar-refractivity contribution >= 4 is 5.97 Å². The van der Waals surface area contributed by atoms with E-state index in [1.807, 2.05) is 30.3 Å². The molecule has 3 nitrogen and oxygen atoms in total. The third kappa shape index (κ3) is 3.95. The summed E-state index contributed by atoms with van der Waals surface area (Å²) in [5.41, 5.74) is 2.81. The van der Waals surface area contributed by atoms with Gasteiger partial charge >= 0.3 is 5.97 Å². The lowest BCUT2D eigenvalue weighted by molar-refractivity contribution is 0.0619. The zero-order chi connectivity index (χ0) is 19.9. The summed E-state index contributed by atoms with van der Waals surface area (Å²) in [7, 11) is 0. The Balaban J connectivity index is 1.53. The molecule has 0 amide bonds. The molecule has 0 N–H and O–H groups in total. The molecule has 146 valence electrons. The van der Waals surface area contributed by atoms with Crippen molar-refractivity contribution in [3.8, 4) is 0 Å². The Bertz CT molecular complexity index is 910. The van der Waals surface area contributed by atoms with Crippen LogP contribution in [0.25, 0.3) is 0 Å². The lowest BCUT2D eigenvalue weighted by Gasteiger charge is -2.36. The van der Waals surface area contributed by atoms with Gasteiger partial charge in [0, 0.05) is 0 Å². The number of esters is 1. The van der Waals surface area contributed by atoms with E-state index in [1.54, 1.807) is 12.1 Å². The second-order valence-electron chi connectivity index (χ2n) is 7.26. The van der Waals surface area contributed by atoms with E-state index in [0.717, 1.165) is 19.3 Å². The molecule has 0 aliphatic heterocycles. The highest BCUT2D eigenvalue weighted by Crippen LogP contribution is 2.48. The number of rotatable bonds is 6. The van der Waals surface area contributed by atoms with Gasteiger partial charge in [-0.05, 0) is 42.5 Å². The minimum Gasteiger partial charge on any atom is -0.494 e. The molecule has 1 aliphatic carbocycles. The maximum Gasteiger partial charge on any atom is 0.343 e. The van der Waals surface area contributed by atoms with Crippen molar-refractivity contribution in [2.24, 2.45) is 0 Å². The van der Waals surface area contributed by atoms with Crippen molar-refractivity contribution in [1.29, 1.82) is 0 Å². The fourth-order valence-corrected chi connectivity index (χ4v) is 4.31. The van der Waals surface area contributed by atoms with Crippen LogP contribution in [0.15, 0.2) is 104 Å². The first-order valence-electron chi connectivity index (χ1n) is 9.98. The van der Waals surface area contributed by atoms with Crippen LogP contribution < -0.4 is 0 Å². The van der Waals surface area contributed by atoms with Crippen LogP contribution >= 0.6 is 0 Å². The third-order valence-electron chi connectivity index (χ3n) is 5.65. The molecule has 1 saturated carbocycles. The Morgan fingerprint density at radius 1 is 0.793 bits per heavy atom. The van der Waals surface area contributed by atoms with Crippen molar-refractivity contribution in [1.82, 2.24) is 0 Å². The molecular formula is C26H24O3. The predicted octanol–water partition coefficient (Wildman–Crippen LogP) is 5.87. The van der Waals surface area contributed by atoms with Gasteiger partial charge in [0.1, 0.15) is 18.6 Å². The number of ether oxygens (including phenoxy) is 2. The van der Waals surface area contributed by atoms with Crippen molar-refractivity contribution in [3.63, 3.8) is 0 Å². The van der Waals surface area contributed by atoms with Crippen LogP contribution in [-0.4, -0.2) is 12.1 Å². The molecule has 29 heavy (non-hydrogen) atoms. The molecule has 1 fully saturated rings. The van der Waals surface area contributed by atoms with Crippen LogP contribution in [0.4, 0.5) is 0 Å². The van der Waals surface area contributed by atoms with E-state index in [2.05, 4.69) is 48.5 Å². The Kier molecular flexibility index (Phi) is 5.76. The fourth-order valence-electron chi connectivity index (χ4n) is 4.31. The number of carbonyl (C=O) groups excluding carboxylic acids is 1. The summed E-state index contributed by atoms with van der Waals surface area (Å²) in [6.45, 7) is 0. The Morgan fingerprint density at radius 3 is 1.93 bits per heavy atom. The van der Waals surface area contributed by atoms with Crippen molar-refractivity contribution in [2.45, 2.75) is 30.8 Å². The van der Waals surface area contributed by atoms with Crippen LogP contribution in [0.3, 0.4) is 0 Å². The van der Waals surface area contributed by atoms with Gasteiger partial charge < -0.3 is 9.47 Å². The highest BCUT2D eigenvalue weighted by molar-refractivity contribution is 5.89. The van der Waals surface area contributed by atoms with Gasteiger partial charge in [0.15, 0.2) is 0 Å². The predicted molar refractivity (Wildman–Crippen MR) is 113 cm³/mol. The highest BCUT2D eigenvalue weighted by atomic mass is 16.5. The van der Waals surface area contributed by atoms with Gasteiger partial charge in [-0.25, -0.2) is 4.79 Å². The van der Waals surface area contributed by atoms with Gasteiger partial charge in [0.05, 0.1) is 11.0 Å². The highest BCUT2D eigenvalue weighted by Gasteiger charge is 2.46. The minimum absolute atomic E-state index is 0.0287. The summed E-state index contributed by atoms with van der Waals surface area (Å²) in [6.07, 6.45) is 5.86. The maximum absolute atomic E-state index is 12.1. The lowest BCUT2D eigenvalue weighted by Crippen LogP contribution is -2.37. The van der Waals surface area contributed by atoms with E-state index >= 15 is 0 Å². The normalized spacial score (nSPS) is 17.9. The average molecular weight is 384 g/mol. The van der Waals surface area contributed by atoms with Crippen LogP contribution in [0.5, 0.6) is 0 Å². The van der Waals surface area contributed by atoms with E-state index in [9.17, 15) is 4.79 Å². The Hall–Kier alpha value is -3.33. The summed E-state index contributed by atoms with van der Waals surface area (Å²) in [5.74, 6) is -0.394. The topological polar surface area (TPSA) is 35.5 Å². The van der Waals surface area contributed by atoms with E-state index < -0.39 is 5.97 Å². The monoisotopic (exact) mass is 384 g/mol. The molecule has 0 saturated heterocycles. The van der Waals surface area contributed by atoms with E-state index in [4.69, 9.17) is 9.47 Å². The molecule has 0 aromatic heterocycles. The number of hydrogen-bond acceptors (Lipinski definition) is 3. The van der Waals surface area contributed by atoms with Crippen molar-refractivity contribution in [2.75, 3.05) is 0 Å². The molecule has 4 rings (SSSR count). The molecule has 3 aromatic carbocycles. The van der Waals surface area contributed by atoms with Crippen LogP contribution in [0.1, 0.15) is 40.7 Å². The zero-order valence-electron chi connectivity index (χ0n) is 16.2. The van der Waals surface area contributed by atoms with Crippen LogP contribution in [-0.2, 0) is 14.9 Å². The van der Waals surface area contributed by atoms with E-state index in [0.29, 0.717) is 5.56 Å². The van der Waals surface area contributed by atoms with Gasteiger partial charge in [-0.2, -0.15) is 0 Å². The molecule has 1 atom stereocenters. The SMILES string of the molecule is O=C(O/C=C/OC1CCCC1(c1ccccc1)c1ccccc1)c1ccccc1. The maximum atomic E-state index is 12.1. The Morgan fingerprint density at radius 2 is 1.34 bits per heavy atom. The second kappa shape index (κ2) is 8.78. The van der Waals surface area contributed by atoms with Crippen molar-refractivity contribution in [3.05, 3.63) is 120 Å². The summed E-state index contributed by atoms with van der Waals surface area (Å²) in [4.78, 5) is 12.1. The quantitative estimate of drug-likeness (QED) is 0.394. The molecule has 0 bridgehead atoms. The standard InChI is InChI=1S/C26H24O3/c27-25(21-11-4-1-5-12-21)29-20-19-28-24-17-10-18-26(24,22-13-6-2-7-14-22)23-15-8-3-9-16-23/h1-9,11-16,19-20,24H,10,17-18H2/b20-19+. The molecule has 3 aromatic rings. The van der Waals surface area contributed by atoms with Gasteiger partial charge in [0.2, 0.25) is 0 Å². The van der Waals surface area contributed by atoms with Gasteiger partial charge in [-0.3, -0.25) is 0 Å². The lowest BCUT2D eigenvalue weighted by atomic mass is 9.71. The minimum atomic E-state index is -0.394. The van der Waals surface area contributed by atoms with Crippen LogP contribution in [0.2, 0.25) is 0 Å². The molecular weight excluding hydrogens is 360 g/mol. The first-order valence-corrected chi connectivity index (χ1v) is 9.98. The second-order valence-corrected chi connectivity index (χ2v) is 7.26. The molecule has 3 heteroatoms. The molecule has 1 aliphatic rings. The van der Waals surface area contributed by atoms with Crippen LogP contribution in [0, 0.1) is 0 Å². The summed E-state index contributed by atoms with van der Waals surface area (Å²) < 4.78 is 11.4. The van der Waals surface area contributed by atoms with Crippen molar-refractivity contribution < 1.29 is 14.3 Å². The molecule has 0 heterocycles. The summed E-state index contributed by atoms with van der Waals surface area (Å²) >= 11 is 0. The van der Waals surface area contributed by atoms with Gasteiger partial charge in [0.25, 0.3) is 0 Å². The number of hydrogen-bond donors (Lipinski definition) is 0. The van der Waals surface area contributed by atoms with Gasteiger partial charge in [-0.15, -0.1) is 0 Å². The van der Waals surface area contributed by atoms with E-state index in [1.165, 1.54) is 23.7 Å². The smallest absolute Gasteiger partial charge is 0.343 e. The number of benzene rings is 3. The number of carbonyl (C=O) groups is 1. The first-order chi connectivity index (χ1) is 14.3. The van der Waals surface area contributed by atoms with Gasteiger partial charge in [-0.1, -0.05) is 78.9 Å². The largest absolute Gasteiger partial charge is 0.494 e. The fraction of sp³-hybridized carbons (Fsp3) is 0.192. The third-order valence-corrected chi connectivity index (χ3v) is 5.65. The zero-order valence-corrected chi connectivity index (χ0v) is 16.2. The Labute approximate surface area is 171 Å². The molecule has 1 unspecified atom stereocenters. The molecule has 0 radical (unpaired) electrons. The van der Waals surface area contributed by atoms with E-state index in [-0.39, 0.29) is 11.5 Å². The molecule has 0 spiro atoms. The first kappa shape index (κ1) is 19.0. The average Bonchev–Trinajstić information content (AvgIpc) is 3.23. The summed E-state index contributed by atoms with van der Waals surface area (Å²) in [5, 5.41) is 0.